The Kier molecular flexibility index (Phi) is 4.29. The average Bonchev–Trinajstić information content (AvgIpc) is 2.48. The molecular weight excluding hydrogens is 255 g/mol. The van der Waals surface area contributed by atoms with Gasteiger partial charge in [0, 0.05) is 29.7 Å². The van der Waals surface area contributed by atoms with Crippen molar-refractivity contribution in [1.29, 1.82) is 0 Å². The van der Waals surface area contributed by atoms with Crippen LogP contribution in [-0.4, -0.2) is 27.9 Å². The van der Waals surface area contributed by atoms with Crippen LogP contribution < -0.4 is 11.2 Å². The van der Waals surface area contributed by atoms with Crippen molar-refractivity contribution in [2.24, 2.45) is 5.73 Å². The Bertz CT molecular complexity index is 625. The number of allylic oxidation sites excluding steroid dienone is 1. The lowest BCUT2D eigenvalue weighted by atomic mass is 9.80. The maximum Gasteiger partial charge on any atom is 0.488 e. The van der Waals surface area contributed by atoms with Crippen molar-refractivity contribution in [2.75, 3.05) is 0 Å². The number of pyridine rings is 1. The van der Waals surface area contributed by atoms with Crippen molar-refractivity contribution in [3.63, 3.8) is 0 Å². The fraction of sp³-hybridized carbons (Fsp3) is 0. The second kappa shape index (κ2) is 6.14. The van der Waals surface area contributed by atoms with Gasteiger partial charge < -0.3 is 15.8 Å². The Hall–Kier alpha value is -2.44. The Morgan fingerprint density at radius 1 is 1.15 bits per heavy atom. The molecule has 100 valence electrons. The zero-order chi connectivity index (χ0) is 14.5. The SMILES string of the molecule is NC(=CC(=O)c1cccnc1)c1ccc(B(O)O)cc1. The molecule has 2 rings (SSSR count). The molecule has 0 atom stereocenters. The summed E-state index contributed by atoms with van der Waals surface area (Å²) in [5.41, 5.74) is 7.61. The van der Waals surface area contributed by atoms with E-state index in [1.165, 1.54) is 24.4 Å². The second-order valence-electron chi connectivity index (χ2n) is 4.20. The van der Waals surface area contributed by atoms with E-state index >= 15 is 0 Å². The predicted octanol–water partition coefficient (Wildman–Crippen LogP) is -0.0561. The third-order valence-corrected chi connectivity index (χ3v) is 2.77. The first-order valence-corrected chi connectivity index (χ1v) is 5.96. The highest BCUT2D eigenvalue weighted by Gasteiger charge is 2.10. The molecule has 0 unspecified atom stereocenters. The van der Waals surface area contributed by atoms with E-state index < -0.39 is 7.12 Å². The van der Waals surface area contributed by atoms with Gasteiger partial charge in [-0.15, -0.1) is 0 Å². The summed E-state index contributed by atoms with van der Waals surface area (Å²) in [6.07, 6.45) is 4.38. The van der Waals surface area contributed by atoms with Crippen LogP contribution in [-0.2, 0) is 0 Å². The molecule has 1 aromatic heterocycles. The van der Waals surface area contributed by atoms with Crippen LogP contribution >= 0.6 is 0 Å². The van der Waals surface area contributed by atoms with Crippen LogP contribution in [0, 0.1) is 0 Å². The highest BCUT2D eigenvalue weighted by atomic mass is 16.4. The highest BCUT2D eigenvalue weighted by Crippen LogP contribution is 2.09. The van der Waals surface area contributed by atoms with E-state index in [1.807, 2.05) is 0 Å². The smallest absolute Gasteiger partial charge is 0.423 e. The van der Waals surface area contributed by atoms with Gasteiger partial charge in [0.1, 0.15) is 0 Å². The lowest BCUT2D eigenvalue weighted by molar-refractivity contribution is 0.104. The summed E-state index contributed by atoms with van der Waals surface area (Å²) in [6, 6.07) is 9.65. The molecule has 20 heavy (non-hydrogen) atoms. The maximum absolute atomic E-state index is 11.9. The second-order valence-corrected chi connectivity index (χ2v) is 4.20. The van der Waals surface area contributed by atoms with Crippen LogP contribution in [0.25, 0.3) is 5.70 Å². The molecule has 0 spiro atoms. The van der Waals surface area contributed by atoms with Crippen LogP contribution in [0.5, 0.6) is 0 Å². The number of ketones is 1. The van der Waals surface area contributed by atoms with E-state index in [-0.39, 0.29) is 5.78 Å². The Labute approximate surface area is 116 Å². The maximum atomic E-state index is 11.9. The molecule has 1 aromatic carbocycles. The zero-order valence-electron chi connectivity index (χ0n) is 10.6. The molecule has 0 fully saturated rings. The molecule has 2 aromatic rings. The number of nitrogens with zero attached hydrogens (tertiary/aromatic N) is 1. The summed E-state index contributed by atoms with van der Waals surface area (Å²) in [4.78, 5) is 15.8. The first kappa shape index (κ1) is 14.0. The molecule has 0 aliphatic carbocycles. The van der Waals surface area contributed by atoms with Gasteiger partial charge in [-0.25, -0.2) is 0 Å². The van der Waals surface area contributed by atoms with E-state index in [1.54, 1.807) is 30.5 Å². The summed E-state index contributed by atoms with van der Waals surface area (Å²) >= 11 is 0. The molecule has 5 nitrogen and oxygen atoms in total. The summed E-state index contributed by atoms with van der Waals surface area (Å²) in [5, 5.41) is 18.0. The standard InChI is InChI=1S/C14H13BN2O3/c16-13(8-14(18)11-2-1-7-17-9-11)10-3-5-12(6-4-10)15(19)20/h1-9,19-20H,16H2. The van der Waals surface area contributed by atoms with E-state index in [9.17, 15) is 4.79 Å². The number of hydrogen-bond donors (Lipinski definition) is 3. The van der Waals surface area contributed by atoms with Crippen molar-refractivity contribution in [1.82, 2.24) is 4.98 Å². The molecule has 0 bridgehead atoms. The third-order valence-electron chi connectivity index (χ3n) is 2.77. The van der Waals surface area contributed by atoms with Crippen LogP contribution in [0.4, 0.5) is 0 Å². The fourth-order valence-electron chi connectivity index (χ4n) is 1.66. The van der Waals surface area contributed by atoms with E-state index in [4.69, 9.17) is 15.8 Å². The zero-order valence-corrected chi connectivity index (χ0v) is 10.6. The molecule has 0 radical (unpaired) electrons. The molecule has 4 N–H and O–H groups in total. The molecule has 0 amide bonds. The van der Waals surface area contributed by atoms with Gasteiger partial charge >= 0.3 is 7.12 Å². The molecular formula is C14H13BN2O3. The van der Waals surface area contributed by atoms with Crippen molar-refractivity contribution >= 4 is 24.1 Å². The summed E-state index contributed by atoms with van der Waals surface area (Å²) in [7, 11) is -1.52. The lowest BCUT2D eigenvalue weighted by Gasteiger charge is -2.04. The predicted molar refractivity (Wildman–Crippen MR) is 77.0 cm³/mol. The number of rotatable bonds is 4. The molecule has 6 heteroatoms. The van der Waals surface area contributed by atoms with Gasteiger partial charge in [0.2, 0.25) is 0 Å². The minimum absolute atomic E-state index is 0.234. The Morgan fingerprint density at radius 3 is 2.40 bits per heavy atom. The normalized spacial score (nSPS) is 11.2. The molecule has 0 aliphatic heterocycles. The van der Waals surface area contributed by atoms with E-state index in [0.29, 0.717) is 22.3 Å². The number of benzene rings is 1. The lowest BCUT2D eigenvalue weighted by Crippen LogP contribution is -2.29. The topological polar surface area (TPSA) is 96.4 Å². The number of hydrogen-bond acceptors (Lipinski definition) is 5. The van der Waals surface area contributed by atoms with Crippen molar-refractivity contribution in [2.45, 2.75) is 0 Å². The van der Waals surface area contributed by atoms with Gasteiger partial charge in [-0.2, -0.15) is 0 Å². The van der Waals surface area contributed by atoms with Gasteiger partial charge in [-0.1, -0.05) is 24.3 Å². The first-order chi connectivity index (χ1) is 9.58. The molecule has 0 aliphatic rings. The highest BCUT2D eigenvalue weighted by molar-refractivity contribution is 6.58. The third kappa shape index (κ3) is 3.31. The summed E-state index contributed by atoms with van der Waals surface area (Å²) in [5.74, 6) is -0.234. The average molecular weight is 268 g/mol. The largest absolute Gasteiger partial charge is 0.488 e. The number of carbonyl (C=O) groups excluding carboxylic acids is 1. The van der Waals surface area contributed by atoms with Gasteiger partial charge in [-0.3, -0.25) is 9.78 Å². The summed E-state index contributed by atoms with van der Waals surface area (Å²) in [6.45, 7) is 0. The van der Waals surface area contributed by atoms with Gasteiger partial charge in [0.15, 0.2) is 5.78 Å². The summed E-state index contributed by atoms with van der Waals surface area (Å²) < 4.78 is 0. The molecule has 1 heterocycles. The van der Waals surface area contributed by atoms with Gasteiger partial charge in [-0.05, 0) is 23.2 Å². The van der Waals surface area contributed by atoms with Gasteiger partial charge in [0.05, 0.1) is 0 Å². The van der Waals surface area contributed by atoms with E-state index in [2.05, 4.69) is 4.98 Å². The molecule has 0 saturated carbocycles. The minimum atomic E-state index is -1.52. The van der Waals surface area contributed by atoms with Crippen molar-refractivity contribution in [3.8, 4) is 0 Å². The van der Waals surface area contributed by atoms with E-state index in [0.717, 1.165) is 0 Å². The monoisotopic (exact) mass is 268 g/mol. The fourth-order valence-corrected chi connectivity index (χ4v) is 1.66. The Morgan fingerprint density at radius 2 is 1.85 bits per heavy atom. The van der Waals surface area contributed by atoms with Crippen LogP contribution in [0.15, 0.2) is 54.9 Å². The van der Waals surface area contributed by atoms with Crippen LogP contribution in [0.2, 0.25) is 0 Å². The van der Waals surface area contributed by atoms with Crippen LogP contribution in [0.3, 0.4) is 0 Å². The van der Waals surface area contributed by atoms with Crippen molar-refractivity contribution in [3.05, 3.63) is 66.0 Å². The van der Waals surface area contributed by atoms with Crippen molar-refractivity contribution < 1.29 is 14.8 Å². The molecule has 0 saturated heterocycles. The number of nitrogens with two attached hydrogens (primary N) is 1. The minimum Gasteiger partial charge on any atom is -0.423 e. The first-order valence-electron chi connectivity index (χ1n) is 5.96. The van der Waals surface area contributed by atoms with Crippen LogP contribution in [0.1, 0.15) is 15.9 Å². The Balaban J connectivity index is 2.20. The quantitative estimate of drug-likeness (QED) is 0.410. The number of carbonyl (C=O) groups is 1. The number of aromatic nitrogens is 1. The van der Waals surface area contributed by atoms with Gasteiger partial charge in [0.25, 0.3) is 0 Å².